The molecule has 2 nitrogen and oxygen atoms in total. The predicted octanol–water partition coefficient (Wildman–Crippen LogP) is 5.21. The third-order valence-corrected chi connectivity index (χ3v) is 7.10. The minimum absolute atomic E-state index is 0.176. The first-order chi connectivity index (χ1) is 10.9. The van der Waals surface area contributed by atoms with Gasteiger partial charge >= 0.3 is 0 Å². The predicted molar refractivity (Wildman–Crippen MR) is 98.2 cm³/mol. The monoisotopic (exact) mass is 333 g/mol. The molecule has 0 aliphatic heterocycles. The van der Waals surface area contributed by atoms with Gasteiger partial charge in [-0.3, -0.25) is 4.79 Å². The van der Waals surface area contributed by atoms with Gasteiger partial charge in [0.05, 0.1) is 5.56 Å². The van der Waals surface area contributed by atoms with Crippen molar-refractivity contribution in [2.45, 2.75) is 78.7 Å². The third kappa shape index (κ3) is 3.65. The summed E-state index contributed by atoms with van der Waals surface area (Å²) in [5.41, 5.74) is 2.67. The maximum Gasteiger partial charge on any atom is 0.252 e. The molecule has 2 aliphatic carbocycles. The molecule has 1 aromatic heterocycles. The van der Waals surface area contributed by atoms with E-state index in [9.17, 15) is 4.79 Å². The summed E-state index contributed by atoms with van der Waals surface area (Å²) in [7, 11) is 0. The average Bonchev–Trinajstić information content (AvgIpc) is 2.92. The molecule has 1 heterocycles. The third-order valence-electron chi connectivity index (χ3n) is 6.05. The first-order valence-corrected chi connectivity index (χ1v) is 10.1. The minimum Gasteiger partial charge on any atom is -0.349 e. The topological polar surface area (TPSA) is 29.1 Å². The highest BCUT2D eigenvalue weighted by Gasteiger charge is 2.32. The summed E-state index contributed by atoms with van der Waals surface area (Å²) in [6, 6.07) is 0.373. The van der Waals surface area contributed by atoms with Crippen molar-refractivity contribution in [1.29, 1.82) is 0 Å². The molecule has 128 valence electrons. The first-order valence-electron chi connectivity index (χ1n) is 9.26. The second kappa shape index (κ2) is 6.58. The van der Waals surface area contributed by atoms with E-state index in [4.69, 9.17) is 0 Å². The molecule has 0 saturated heterocycles. The molecular weight excluding hydrogens is 302 g/mol. The number of nitrogens with one attached hydrogen (secondary N) is 1. The minimum atomic E-state index is 0.176. The number of fused-ring (bicyclic) bond motifs is 1. The standard InChI is InChI=1S/C20H31NOS/c1-13-7-5-6-8-17(13)21-19(22)16-12-23-18-11-14(20(2,3)4)9-10-15(16)18/h12-14,17H,5-11H2,1-4H3,(H,21,22). The van der Waals surface area contributed by atoms with Crippen molar-refractivity contribution < 1.29 is 4.79 Å². The van der Waals surface area contributed by atoms with Gasteiger partial charge in [0, 0.05) is 16.3 Å². The normalized spacial score (nSPS) is 28.3. The number of thiophene rings is 1. The molecule has 0 aromatic carbocycles. The lowest BCUT2D eigenvalue weighted by molar-refractivity contribution is 0.0909. The summed E-state index contributed by atoms with van der Waals surface area (Å²) in [6.07, 6.45) is 8.40. The molecule has 1 fully saturated rings. The van der Waals surface area contributed by atoms with Gasteiger partial charge in [-0.15, -0.1) is 11.3 Å². The fourth-order valence-corrected chi connectivity index (χ4v) is 5.38. The number of carbonyl (C=O) groups excluding carboxylic acids is 1. The summed E-state index contributed by atoms with van der Waals surface area (Å²) in [5.74, 6) is 1.53. The Hall–Kier alpha value is -0.830. The van der Waals surface area contributed by atoms with E-state index in [1.54, 1.807) is 11.3 Å². The number of hydrogen-bond acceptors (Lipinski definition) is 2. The lowest BCUT2D eigenvalue weighted by Crippen LogP contribution is -2.41. The van der Waals surface area contributed by atoms with Crippen molar-refractivity contribution in [3.63, 3.8) is 0 Å². The van der Waals surface area contributed by atoms with Crippen molar-refractivity contribution in [3.05, 3.63) is 21.4 Å². The Morgan fingerprint density at radius 3 is 2.65 bits per heavy atom. The SMILES string of the molecule is CC1CCCCC1NC(=O)c1csc2c1CCC(C(C)(C)C)C2. The second-order valence-corrected chi connectivity index (χ2v) is 9.66. The van der Waals surface area contributed by atoms with Crippen LogP contribution in [-0.4, -0.2) is 11.9 Å². The summed E-state index contributed by atoms with van der Waals surface area (Å²) in [4.78, 5) is 14.2. The van der Waals surface area contributed by atoms with Crippen LogP contribution in [0.15, 0.2) is 5.38 Å². The zero-order valence-electron chi connectivity index (χ0n) is 15.1. The molecule has 0 bridgehead atoms. The van der Waals surface area contributed by atoms with Crippen molar-refractivity contribution in [2.24, 2.45) is 17.3 Å². The van der Waals surface area contributed by atoms with Crippen LogP contribution < -0.4 is 5.32 Å². The van der Waals surface area contributed by atoms with Crippen molar-refractivity contribution in [3.8, 4) is 0 Å². The van der Waals surface area contributed by atoms with Crippen LogP contribution in [0.4, 0.5) is 0 Å². The number of amides is 1. The highest BCUT2D eigenvalue weighted by molar-refractivity contribution is 7.10. The fraction of sp³-hybridized carbons (Fsp3) is 0.750. The molecule has 3 atom stereocenters. The molecule has 1 aromatic rings. The molecule has 3 heteroatoms. The smallest absolute Gasteiger partial charge is 0.252 e. The van der Waals surface area contributed by atoms with Crippen molar-refractivity contribution >= 4 is 17.2 Å². The highest BCUT2D eigenvalue weighted by atomic mass is 32.1. The molecule has 3 rings (SSSR count). The maximum atomic E-state index is 12.8. The summed E-state index contributed by atoms with van der Waals surface area (Å²) in [5, 5.41) is 5.44. The van der Waals surface area contributed by atoms with Crippen molar-refractivity contribution in [2.75, 3.05) is 0 Å². The molecular formula is C20H31NOS. The van der Waals surface area contributed by atoms with Crippen LogP contribution in [0.1, 0.15) is 80.6 Å². The van der Waals surface area contributed by atoms with E-state index in [0.29, 0.717) is 17.4 Å². The van der Waals surface area contributed by atoms with Gasteiger partial charge in [0.15, 0.2) is 0 Å². The van der Waals surface area contributed by atoms with Gasteiger partial charge in [0.2, 0.25) is 0 Å². The van der Waals surface area contributed by atoms with Gasteiger partial charge < -0.3 is 5.32 Å². The molecule has 2 aliphatic rings. The molecule has 1 N–H and O–H groups in total. The quantitative estimate of drug-likeness (QED) is 0.791. The molecule has 1 saturated carbocycles. The van der Waals surface area contributed by atoms with E-state index < -0.39 is 0 Å². The van der Waals surface area contributed by atoms with E-state index in [-0.39, 0.29) is 5.91 Å². The zero-order valence-corrected chi connectivity index (χ0v) is 15.9. The fourth-order valence-electron chi connectivity index (χ4n) is 4.22. The highest BCUT2D eigenvalue weighted by Crippen LogP contribution is 2.40. The number of hydrogen-bond donors (Lipinski definition) is 1. The Labute approximate surface area is 145 Å². The lowest BCUT2D eigenvalue weighted by atomic mass is 9.72. The van der Waals surface area contributed by atoms with E-state index in [0.717, 1.165) is 30.7 Å². The summed E-state index contributed by atoms with van der Waals surface area (Å²) >= 11 is 1.80. The molecule has 0 spiro atoms. The Morgan fingerprint density at radius 2 is 1.96 bits per heavy atom. The Balaban J connectivity index is 1.70. The van der Waals surface area contributed by atoms with Gasteiger partial charge in [-0.25, -0.2) is 0 Å². The largest absolute Gasteiger partial charge is 0.349 e. The van der Waals surface area contributed by atoms with E-state index in [1.165, 1.54) is 36.1 Å². The van der Waals surface area contributed by atoms with Crippen LogP contribution in [0.3, 0.4) is 0 Å². The molecule has 1 amide bonds. The van der Waals surface area contributed by atoms with Crippen LogP contribution in [0.2, 0.25) is 0 Å². The van der Waals surface area contributed by atoms with Gasteiger partial charge in [-0.05, 0) is 54.9 Å². The van der Waals surface area contributed by atoms with Gasteiger partial charge in [-0.1, -0.05) is 40.5 Å². The van der Waals surface area contributed by atoms with Gasteiger partial charge in [0.25, 0.3) is 5.91 Å². The lowest BCUT2D eigenvalue weighted by Gasteiger charge is -2.34. The van der Waals surface area contributed by atoms with E-state index in [1.807, 2.05) is 0 Å². The molecule has 23 heavy (non-hydrogen) atoms. The van der Waals surface area contributed by atoms with Crippen LogP contribution in [0, 0.1) is 17.3 Å². The van der Waals surface area contributed by atoms with E-state index in [2.05, 4.69) is 38.4 Å². The molecule has 0 radical (unpaired) electrons. The van der Waals surface area contributed by atoms with Gasteiger partial charge in [-0.2, -0.15) is 0 Å². The average molecular weight is 334 g/mol. The van der Waals surface area contributed by atoms with E-state index >= 15 is 0 Å². The zero-order chi connectivity index (χ0) is 16.6. The number of rotatable bonds is 2. The van der Waals surface area contributed by atoms with Crippen LogP contribution in [-0.2, 0) is 12.8 Å². The maximum absolute atomic E-state index is 12.8. The van der Waals surface area contributed by atoms with Crippen LogP contribution >= 0.6 is 11.3 Å². The Bertz CT molecular complexity index is 569. The van der Waals surface area contributed by atoms with Crippen molar-refractivity contribution in [1.82, 2.24) is 5.32 Å². The van der Waals surface area contributed by atoms with Crippen LogP contribution in [0.5, 0.6) is 0 Å². The summed E-state index contributed by atoms with van der Waals surface area (Å²) in [6.45, 7) is 9.30. The second-order valence-electron chi connectivity index (χ2n) is 8.70. The van der Waals surface area contributed by atoms with Crippen LogP contribution in [0.25, 0.3) is 0 Å². The van der Waals surface area contributed by atoms with Gasteiger partial charge in [0.1, 0.15) is 0 Å². The Kier molecular flexibility index (Phi) is 4.87. The number of carbonyl (C=O) groups is 1. The summed E-state index contributed by atoms with van der Waals surface area (Å²) < 4.78 is 0. The molecule has 3 unspecified atom stereocenters. The first kappa shape index (κ1) is 17.0. The Morgan fingerprint density at radius 1 is 1.22 bits per heavy atom.